The predicted molar refractivity (Wildman–Crippen MR) is 111 cm³/mol. The zero-order chi connectivity index (χ0) is 21.1. The summed E-state index contributed by atoms with van der Waals surface area (Å²) in [5.74, 6) is -0.391. The molecule has 1 N–H and O–H groups in total. The van der Waals surface area contributed by atoms with E-state index in [1.165, 1.54) is 4.57 Å². The van der Waals surface area contributed by atoms with Gasteiger partial charge in [-0.1, -0.05) is 30.3 Å². The Bertz CT molecular complexity index is 1160. The first-order chi connectivity index (χ1) is 14.6. The summed E-state index contributed by atoms with van der Waals surface area (Å²) in [5, 5.41) is 2.77. The van der Waals surface area contributed by atoms with Crippen LogP contribution in [-0.4, -0.2) is 43.8 Å². The maximum absolute atomic E-state index is 13.2. The highest BCUT2D eigenvalue weighted by Crippen LogP contribution is 2.11. The number of amides is 1. The van der Waals surface area contributed by atoms with Crippen molar-refractivity contribution in [1.82, 2.24) is 24.0 Å². The lowest BCUT2D eigenvalue weighted by molar-refractivity contribution is -0.122. The Kier molecular flexibility index (Phi) is 5.80. The number of hydrogen-bond donors (Lipinski definition) is 1. The highest BCUT2D eigenvalue weighted by molar-refractivity contribution is 5.76. The molecular weight excluding hydrogens is 386 g/mol. The number of imidazole rings is 1. The first kappa shape index (κ1) is 20.1. The molecule has 1 amide bonds. The second-order valence-electron chi connectivity index (χ2n) is 7.39. The molecule has 2 aromatic heterocycles. The molecule has 1 aromatic carbocycles. The van der Waals surface area contributed by atoms with Crippen LogP contribution in [0.2, 0.25) is 0 Å². The molecule has 0 bridgehead atoms. The van der Waals surface area contributed by atoms with Crippen LogP contribution >= 0.6 is 0 Å². The zero-order valence-electron chi connectivity index (χ0n) is 16.9. The maximum atomic E-state index is 13.2. The number of hydrogen-bond acceptors (Lipinski definition) is 5. The summed E-state index contributed by atoms with van der Waals surface area (Å²) in [6, 6.07) is 9.47. The number of rotatable bonds is 7. The molecule has 30 heavy (non-hydrogen) atoms. The second-order valence-corrected chi connectivity index (χ2v) is 7.39. The van der Waals surface area contributed by atoms with Gasteiger partial charge >= 0.3 is 5.69 Å². The Balaban J connectivity index is 1.70. The molecule has 1 fully saturated rings. The molecule has 1 atom stereocenters. The lowest BCUT2D eigenvalue weighted by Crippen LogP contribution is -2.45. The molecule has 1 aliphatic rings. The number of nitrogens with zero attached hydrogens (tertiary/aromatic N) is 4. The fourth-order valence-corrected chi connectivity index (χ4v) is 3.76. The molecule has 158 valence electrons. The monoisotopic (exact) mass is 411 g/mol. The summed E-state index contributed by atoms with van der Waals surface area (Å²) in [6.45, 7) is 3.41. The van der Waals surface area contributed by atoms with Crippen LogP contribution in [0.3, 0.4) is 0 Å². The number of carbonyl (C=O) groups excluding carboxylic acids is 1. The molecule has 0 aliphatic carbocycles. The van der Waals surface area contributed by atoms with Crippen LogP contribution in [0.1, 0.15) is 25.3 Å². The Hall–Kier alpha value is -3.20. The summed E-state index contributed by atoms with van der Waals surface area (Å²) in [7, 11) is 0. The van der Waals surface area contributed by atoms with E-state index in [2.05, 4.69) is 10.3 Å². The highest BCUT2D eigenvalue weighted by atomic mass is 16.5. The van der Waals surface area contributed by atoms with Gasteiger partial charge in [0.25, 0.3) is 5.56 Å². The Morgan fingerprint density at radius 2 is 2.03 bits per heavy atom. The number of fused-ring (bicyclic) bond motifs is 1. The molecule has 3 aromatic rings. The van der Waals surface area contributed by atoms with Crippen molar-refractivity contribution in [1.29, 1.82) is 0 Å². The standard InChI is InChI=1S/C21H25N5O4/c1-2-24-14-23-19-18(24)20(28)26(13-17(27)22-11-16-9-6-10-30-16)21(29)25(19)12-15-7-4-3-5-8-15/h3-5,7-8,14,16H,2,6,9-13H2,1H3,(H,22,27)/t16-/m1/s1. The van der Waals surface area contributed by atoms with Crippen LogP contribution in [0, 0.1) is 0 Å². The minimum absolute atomic E-state index is 0.00980. The number of carbonyl (C=O) groups is 1. The number of benzene rings is 1. The van der Waals surface area contributed by atoms with Gasteiger partial charge in [-0.15, -0.1) is 0 Å². The number of aryl methyl sites for hydroxylation is 1. The minimum atomic E-state index is -0.551. The summed E-state index contributed by atoms with van der Waals surface area (Å²) in [6.07, 6.45) is 3.41. The fourth-order valence-electron chi connectivity index (χ4n) is 3.76. The van der Waals surface area contributed by atoms with Crippen molar-refractivity contribution >= 4 is 17.1 Å². The molecular formula is C21H25N5O4. The summed E-state index contributed by atoms with van der Waals surface area (Å²) in [4.78, 5) is 43.0. The Labute approximate surface area is 172 Å². The van der Waals surface area contributed by atoms with Gasteiger partial charge in [0, 0.05) is 19.7 Å². The lowest BCUT2D eigenvalue weighted by atomic mass is 10.2. The molecule has 4 rings (SSSR count). The molecule has 0 spiro atoms. The van der Waals surface area contributed by atoms with Gasteiger partial charge in [0.05, 0.1) is 19.0 Å². The van der Waals surface area contributed by atoms with Gasteiger partial charge in [0.2, 0.25) is 5.91 Å². The van der Waals surface area contributed by atoms with Gasteiger partial charge in [-0.2, -0.15) is 0 Å². The largest absolute Gasteiger partial charge is 0.376 e. The third-order valence-corrected chi connectivity index (χ3v) is 5.36. The van der Waals surface area contributed by atoms with E-state index in [0.29, 0.717) is 30.9 Å². The summed E-state index contributed by atoms with van der Waals surface area (Å²) < 4.78 is 9.64. The lowest BCUT2D eigenvalue weighted by Gasteiger charge is -2.14. The average Bonchev–Trinajstić information content (AvgIpc) is 3.43. The van der Waals surface area contributed by atoms with Gasteiger partial charge in [-0.25, -0.2) is 14.3 Å². The van der Waals surface area contributed by atoms with Gasteiger partial charge in [0.15, 0.2) is 11.2 Å². The number of nitrogens with one attached hydrogen (secondary N) is 1. The average molecular weight is 411 g/mol. The third-order valence-electron chi connectivity index (χ3n) is 5.36. The number of ether oxygens (including phenoxy) is 1. The van der Waals surface area contributed by atoms with E-state index in [9.17, 15) is 14.4 Å². The smallest absolute Gasteiger partial charge is 0.333 e. The first-order valence-electron chi connectivity index (χ1n) is 10.2. The predicted octanol–water partition coefficient (Wildman–Crippen LogP) is 0.723. The first-order valence-corrected chi connectivity index (χ1v) is 10.2. The van der Waals surface area contributed by atoms with Crippen LogP contribution < -0.4 is 16.6 Å². The van der Waals surface area contributed by atoms with Crippen LogP contribution in [0.5, 0.6) is 0 Å². The van der Waals surface area contributed by atoms with E-state index in [0.717, 1.165) is 23.0 Å². The van der Waals surface area contributed by atoms with Gasteiger partial charge in [-0.3, -0.25) is 14.2 Å². The van der Waals surface area contributed by atoms with E-state index >= 15 is 0 Å². The summed E-state index contributed by atoms with van der Waals surface area (Å²) in [5.41, 5.74) is 0.488. The summed E-state index contributed by atoms with van der Waals surface area (Å²) >= 11 is 0. The van der Waals surface area contributed by atoms with Crippen molar-refractivity contribution in [3.8, 4) is 0 Å². The van der Waals surface area contributed by atoms with Crippen molar-refractivity contribution in [3.63, 3.8) is 0 Å². The quantitative estimate of drug-likeness (QED) is 0.618. The zero-order valence-corrected chi connectivity index (χ0v) is 16.9. The highest BCUT2D eigenvalue weighted by Gasteiger charge is 2.21. The van der Waals surface area contributed by atoms with Crippen LogP contribution in [0.25, 0.3) is 11.2 Å². The van der Waals surface area contributed by atoms with Gasteiger partial charge in [0.1, 0.15) is 6.54 Å². The van der Waals surface area contributed by atoms with Crippen molar-refractivity contribution in [3.05, 3.63) is 63.1 Å². The van der Waals surface area contributed by atoms with E-state index in [1.54, 1.807) is 10.9 Å². The molecule has 0 unspecified atom stereocenters. The molecule has 3 heterocycles. The van der Waals surface area contributed by atoms with Crippen molar-refractivity contribution < 1.29 is 9.53 Å². The normalized spacial score (nSPS) is 16.2. The molecule has 1 aliphatic heterocycles. The Morgan fingerprint density at radius 1 is 1.23 bits per heavy atom. The SMILES string of the molecule is CCn1cnc2c1c(=O)n(CC(=O)NC[C@H]1CCCO1)c(=O)n2Cc1ccccc1. The number of aromatic nitrogens is 4. The molecule has 0 radical (unpaired) electrons. The third kappa shape index (κ3) is 3.93. The van der Waals surface area contributed by atoms with E-state index < -0.39 is 17.2 Å². The van der Waals surface area contributed by atoms with Gasteiger partial charge < -0.3 is 14.6 Å². The second kappa shape index (κ2) is 8.66. The maximum Gasteiger partial charge on any atom is 0.333 e. The topological polar surface area (TPSA) is 100 Å². The van der Waals surface area contributed by atoms with Crippen LogP contribution in [0.15, 0.2) is 46.2 Å². The van der Waals surface area contributed by atoms with Crippen molar-refractivity contribution in [2.45, 2.75) is 45.5 Å². The molecule has 9 heteroatoms. The molecule has 9 nitrogen and oxygen atoms in total. The van der Waals surface area contributed by atoms with Crippen molar-refractivity contribution in [2.24, 2.45) is 0 Å². The molecule has 0 saturated carbocycles. The van der Waals surface area contributed by atoms with E-state index in [4.69, 9.17) is 4.74 Å². The molecule has 1 saturated heterocycles. The van der Waals surface area contributed by atoms with Crippen LogP contribution in [-0.2, 0) is 29.2 Å². The van der Waals surface area contributed by atoms with E-state index in [-0.39, 0.29) is 19.2 Å². The Morgan fingerprint density at radius 3 is 2.73 bits per heavy atom. The van der Waals surface area contributed by atoms with Crippen LogP contribution in [0.4, 0.5) is 0 Å². The minimum Gasteiger partial charge on any atom is -0.376 e. The van der Waals surface area contributed by atoms with Crippen molar-refractivity contribution in [2.75, 3.05) is 13.2 Å². The van der Waals surface area contributed by atoms with E-state index in [1.807, 2.05) is 37.3 Å². The van der Waals surface area contributed by atoms with Gasteiger partial charge in [-0.05, 0) is 25.3 Å². The fraction of sp³-hybridized carbons (Fsp3) is 0.429.